The van der Waals surface area contributed by atoms with Gasteiger partial charge in [-0.25, -0.2) is 9.97 Å². The molecule has 37 heavy (non-hydrogen) atoms. The van der Waals surface area contributed by atoms with Gasteiger partial charge in [0.1, 0.15) is 11.6 Å². The van der Waals surface area contributed by atoms with Gasteiger partial charge in [-0.05, 0) is 56.2 Å². The van der Waals surface area contributed by atoms with E-state index in [1.807, 2.05) is 12.1 Å². The lowest BCUT2D eigenvalue weighted by Gasteiger charge is -2.29. The van der Waals surface area contributed by atoms with Gasteiger partial charge in [0.25, 0.3) is 0 Å². The maximum Gasteiger partial charge on any atom is 0.416 e. The molecule has 2 aromatic heterocycles. The van der Waals surface area contributed by atoms with Crippen LogP contribution in [0.5, 0.6) is 0 Å². The van der Waals surface area contributed by atoms with Crippen LogP contribution in [0.25, 0.3) is 0 Å². The van der Waals surface area contributed by atoms with Gasteiger partial charge in [0.15, 0.2) is 5.82 Å². The van der Waals surface area contributed by atoms with Crippen molar-refractivity contribution in [2.24, 2.45) is 0 Å². The quantitative estimate of drug-likeness (QED) is 0.333. The summed E-state index contributed by atoms with van der Waals surface area (Å²) in [6, 6.07) is 9.06. The Kier molecular flexibility index (Phi) is 7.40. The predicted molar refractivity (Wildman–Crippen MR) is 132 cm³/mol. The zero-order valence-corrected chi connectivity index (χ0v) is 20.3. The third-order valence-corrected chi connectivity index (χ3v) is 6.84. The summed E-state index contributed by atoms with van der Waals surface area (Å²) in [5, 5.41) is 17.1. The molecule has 1 aromatic carbocycles. The van der Waals surface area contributed by atoms with Crippen molar-refractivity contribution in [1.82, 2.24) is 30.8 Å². The molecular formula is C26H30F3N7O. The molecule has 0 bridgehead atoms. The van der Waals surface area contributed by atoms with Gasteiger partial charge in [-0.15, -0.1) is 0 Å². The summed E-state index contributed by atoms with van der Waals surface area (Å²) in [7, 11) is 0. The SMILES string of the molecule is O=C(Cc1cccc(C(F)(F)F)c1)NC1CCC(NCc2nccc(Nc3cc(C4CC4)[nH]n3)n2)CC1. The molecule has 0 saturated heterocycles. The molecule has 0 radical (unpaired) electrons. The first-order chi connectivity index (χ1) is 17.8. The minimum atomic E-state index is -4.42. The molecule has 196 valence electrons. The number of carbonyl (C=O) groups is 1. The molecule has 0 atom stereocenters. The van der Waals surface area contributed by atoms with Crippen LogP contribution in [0.15, 0.2) is 42.6 Å². The number of halogens is 3. The lowest BCUT2D eigenvalue weighted by molar-refractivity contribution is -0.137. The van der Waals surface area contributed by atoms with Gasteiger partial charge in [-0.2, -0.15) is 18.3 Å². The number of aromatic amines is 1. The van der Waals surface area contributed by atoms with Crippen molar-refractivity contribution < 1.29 is 18.0 Å². The van der Waals surface area contributed by atoms with E-state index in [1.54, 1.807) is 12.3 Å². The molecule has 2 saturated carbocycles. The van der Waals surface area contributed by atoms with Crippen molar-refractivity contribution in [3.05, 3.63) is 65.2 Å². The topological polar surface area (TPSA) is 108 Å². The molecule has 1 amide bonds. The molecule has 0 spiro atoms. The van der Waals surface area contributed by atoms with Crippen LogP contribution in [0.3, 0.4) is 0 Å². The summed E-state index contributed by atoms with van der Waals surface area (Å²) in [6.45, 7) is 0.528. The van der Waals surface area contributed by atoms with Crippen LogP contribution in [0.2, 0.25) is 0 Å². The first-order valence-corrected chi connectivity index (χ1v) is 12.6. The van der Waals surface area contributed by atoms with E-state index in [-0.39, 0.29) is 24.4 Å². The summed E-state index contributed by atoms with van der Waals surface area (Å²) >= 11 is 0. The van der Waals surface area contributed by atoms with Crippen molar-refractivity contribution in [3.63, 3.8) is 0 Å². The Morgan fingerprint density at radius 1 is 1.00 bits per heavy atom. The molecule has 2 aliphatic rings. The second-order valence-electron chi connectivity index (χ2n) is 9.84. The van der Waals surface area contributed by atoms with E-state index in [4.69, 9.17) is 0 Å². The van der Waals surface area contributed by atoms with Crippen LogP contribution in [0, 0.1) is 0 Å². The zero-order valence-electron chi connectivity index (χ0n) is 20.3. The number of nitrogens with one attached hydrogen (secondary N) is 4. The largest absolute Gasteiger partial charge is 0.416 e. The third-order valence-electron chi connectivity index (χ3n) is 6.84. The normalized spacial score (nSPS) is 20.0. The minimum Gasteiger partial charge on any atom is -0.353 e. The Balaban J connectivity index is 1.04. The van der Waals surface area contributed by atoms with Gasteiger partial charge in [0.2, 0.25) is 5.91 Å². The number of amides is 1. The molecule has 0 aliphatic heterocycles. The summed E-state index contributed by atoms with van der Waals surface area (Å²) in [4.78, 5) is 21.3. The Labute approximate surface area is 212 Å². The Hall–Kier alpha value is -3.47. The molecule has 8 nitrogen and oxygen atoms in total. The standard InChI is InChI=1S/C26H30F3N7O/c27-26(28,29)18-3-1-2-16(12-18)13-25(37)32-20-8-6-19(7-9-20)31-15-24-30-11-10-22(34-24)33-23-14-21(35-36-23)17-4-5-17/h1-3,10-12,14,17,19-20,31H,4-9,13,15H2,(H,32,37)(H2,30,33,34,35,36). The van der Waals surface area contributed by atoms with E-state index in [2.05, 4.69) is 36.1 Å². The molecular weight excluding hydrogens is 483 g/mol. The highest BCUT2D eigenvalue weighted by Crippen LogP contribution is 2.39. The van der Waals surface area contributed by atoms with E-state index in [0.29, 0.717) is 29.7 Å². The number of anilines is 2. The predicted octanol–water partition coefficient (Wildman–Crippen LogP) is 4.60. The molecule has 0 unspecified atom stereocenters. The van der Waals surface area contributed by atoms with Crippen molar-refractivity contribution in [2.75, 3.05) is 5.32 Å². The molecule has 3 aromatic rings. The summed E-state index contributed by atoms with van der Waals surface area (Å²) in [5.74, 6) is 2.46. The highest BCUT2D eigenvalue weighted by molar-refractivity contribution is 5.78. The fourth-order valence-corrected chi connectivity index (χ4v) is 4.69. The number of alkyl halides is 3. The van der Waals surface area contributed by atoms with Crippen LogP contribution in [-0.2, 0) is 23.9 Å². The lowest BCUT2D eigenvalue weighted by atomic mass is 9.91. The summed E-state index contributed by atoms with van der Waals surface area (Å²) in [6.07, 6.45) is 3.01. The van der Waals surface area contributed by atoms with Crippen LogP contribution in [0.4, 0.5) is 24.8 Å². The third kappa shape index (κ3) is 7.06. The molecule has 11 heteroatoms. The number of rotatable bonds is 9. The van der Waals surface area contributed by atoms with Gasteiger partial charge in [0, 0.05) is 36.0 Å². The van der Waals surface area contributed by atoms with Crippen LogP contribution < -0.4 is 16.0 Å². The maximum absolute atomic E-state index is 12.9. The monoisotopic (exact) mass is 513 g/mol. The summed E-state index contributed by atoms with van der Waals surface area (Å²) in [5.41, 5.74) is 0.773. The van der Waals surface area contributed by atoms with E-state index in [0.717, 1.165) is 49.3 Å². The fourth-order valence-electron chi connectivity index (χ4n) is 4.69. The van der Waals surface area contributed by atoms with Crippen LogP contribution >= 0.6 is 0 Å². The average molecular weight is 514 g/mol. The van der Waals surface area contributed by atoms with Crippen LogP contribution in [-0.4, -0.2) is 38.2 Å². The molecule has 4 N–H and O–H groups in total. The molecule has 2 aliphatic carbocycles. The highest BCUT2D eigenvalue weighted by Gasteiger charge is 2.30. The van der Waals surface area contributed by atoms with Crippen LogP contribution in [0.1, 0.15) is 67.1 Å². The Bertz CT molecular complexity index is 1220. The fraction of sp³-hybridized carbons (Fsp3) is 0.462. The lowest BCUT2D eigenvalue weighted by Crippen LogP contribution is -2.42. The first kappa shape index (κ1) is 25.2. The van der Waals surface area contributed by atoms with E-state index in [9.17, 15) is 18.0 Å². The van der Waals surface area contributed by atoms with Gasteiger partial charge in [-0.1, -0.05) is 18.2 Å². The van der Waals surface area contributed by atoms with Crippen molar-refractivity contribution in [2.45, 2.75) is 75.7 Å². The van der Waals surface area contributed by atoms with E-state index in [1.165, 1.54) is 18.9 Å². The number of nitrogens with zero attached hydrogens (tertiary/aromatic N) is 3. The smallest absolute Gasteiger partial charge is 0.353 e. The molecule has 2 heterocycles. The van der Waals surface area contributed by atoms with E-state index >= 15 is 0 Å². The number of hydrogen-bond acceptors (Lipinski definition) is 6. The summed E-state index contributed by atoms with van der Waals surface area (Å²) < 4.78 is 38.7. The number of hydrogen-bond donors (Lipinski definition) is 4. The number of benzene rings is 1. The minimum absolute atomic E-state index is 0.0227. The van der Waals surface area contributed by atoms with Crippen molar-refractivity contribution >= 4 is 17.5 Å². The molecule has 5 rings (SSSR count). The Morgan fingerprint density at radius 2 is 1.78 bits per heavy atom. The average Bonchev–Trinajstić information content (AvgIpc) is 3.62. The van der Waals surface area contributed by atoms with E-state index < -0.39 is 11.7 Å². The van der Waals surface area contributed by atoms with Gasteiger partial charge in [0.05, 0.1) is 18.5 Å². The second-order valence-corrected chi connectivity index (χ2v) is 9.84. The maximum atomic E-state index is 12.9. The molecule has 2 fully saturated rings. The second kappa shape index (κ2) is 10.9. The zero-order chi connectivity index (χ0) is 25.8. The number of carbonyl (C=O) groups excluding carboxylic acids is 1. The Morgan fingerprint density at radius 3 is 2.54 bits per heavy atom. The van der Waals surface area contributed by atoms with Crippen molar-refractivity contribution in [1.29, 1.82) is 0 Å². The van der Waals surface area contributed by atoms with Gasteiger partial charge < -0.3 is 16.0 Å². The van der Waals surface area contributed by atoms with Gasteiger partial charge in [-0.3, -0.25) is 9.89 Å². The highest BCUT2D eigenvalue weighted by atomic mass is 19.4. The number of aromatic nitrogens is 4. The van der Waals surface area contributed by atoms with Crippen molar-refractivity contribution in [3.8, 4) is 0 Å². The number of H-pyrrole nitrogens is 1. The van der Waals surface area contributed by atoms with Gasteiger partial charge >= 0.3 is 6.18 Å². The first-order valence-electron chi connectivity index (χ1n) is 12.6.